The van der Waals surface area contributed by atoms with Crippen molar-refractivity contribution in [3.63, 3.8) is 0 Å². The number of carbonyl (C=O) groups excluding carboxylic acids is 1. The highest BCUT2D eigenvalue weighted by atomic mass is 16.3. The standard InChI is InChI=1S/C20H30O2/c1-14-11-19-9-5-15-17(2,13-21)7-4-8-18(15,3)16(19)6-10-20(14,22)12-19/h13,15-16,22H,1,4-12H2,2-3H3/t15-,16-,17+,18-,19-,20+/m1/s1. The number of fused-ring (bicyclic) bond motifs is 3. The van der Waals surface area contributed by atoms with Crippen LogP contribution in [0.2, 0.25) is 0 Å². The van der Waals surface area contributed by atoms with Gasteiger partial charge in [-0.2, -0.15) is 0 Å². The van der Waals surface area contributed by atoms with Crippen LogP contribution >= 0.6 is 0 Å². The lowest BCUT2D eigenvalue weighted by Crippen LogP contribution is -2.57. The lowest BCUT2D eigenvalue weighted by Gasteiger charge is -2.63. The van der Waals surface area contributed by atoms with Crippen LogP contribution in [0, 0.1) is 28.1 Å². The molecule has 4 fully saturated rings. The third-order valence-electron chi connectivity index (χ3n) is 8.47. The molecule has 0 amide bonds. The van der Waals surface area contributed by atoms with Gasteiger partial charge in [-0.05, 0) is 79.6 Å². The fraction of sp³-hybridized carbons (Fsp3) is 0.850. The van der Waals surface area contributed by atoms with E-state index in [2.05, 4.69) is 20.4 Å². The minimum atomic E-state index is -0.581. The second-order valence-corrected chi connectivity index (χ2v) is 9.52. The SMILES string of the molecule is C=C1C[C@@]23CC[C@H]4[C@@](C)(CCC[C@@]4(C)C=O)[C@H]2CC[C@]1(O)C3. The fourth-order valence-corrected chi connectivity index (χ4v) is 7.54. The summed E-state index contributed by atoms with van der Waals surface area (Å²) in [6.45, 7) is 8.89. The van der Waals surface area contributed by atoms with Gasteiger partial charge in [0.1, 0.15) is 6.29 Å². The Morgan fingerprint density at radius 2 is 1.86 bits per heavy atom. The average Bonchev–Trinajstić information content (AvgIpc) is 2.64. The Morgan fingerprint density at radius 3 is 2.59 bits per heavy atom. The van der Waals surface area contributed by atoms with Crippen molar-refractivity contribution in [1.82, 2.24) is 0 Å². The molecule has 22 heavy (non-hydrogen) atoms. The van der Waals surface area contributed by atoms with E-state index in [1.54, 1.807) is 0 Å². The van der Waals surface area contributed by atoms with Gasteiger partial charge in [0.05, 0.1) is 5.60 Å². The molecule has 0 aromatic rings. The molecular weight excluding hydrogens is 272 g/mol. The average molecular weight is 302 g/mol. The lowest BCUT2D eigenvalue weighted by atomic mass is 9.41. The van der Waals surface area contributed by atoms with E-state index in [1.807, 2.05) is 0 Å². The molecule has 0 saturated heterocycles. The molecule has 6 atom stereocenters. The van der Waals surface area contributed by atoms with Crippen LogP contribution < -0.4 is 0 Å². The van der Waals surface area contributed by atoms with Gasteiger partial charge in [-0.15, -0.1) is 0 Å². The molecule has 2 heteroatoms. The summed E-state index contributed by atoms with van der Waals surface area (Å²) in [4.78, 5) is 11.8. The molecule has 4 aliphatic carbocycles. The summed E-state index contributed by atoms with van der Waals surface area (Å²) >= 11 is 0. The van der Waals surface area contributed by atoms with Crippen molar-refractivity contribution < 1.29 is 9.90 Å². The van der Waals surface area contributed by atoms with Gasteiger partial charge in [0.25, 0.3) is 0 Å². The normalized spacial score (nSPS) is 57.1. The molecule has 4 saturated carbocycles. The number of aldehydes is 1. The summed E-state index contributed by atoms with van der Waals surface area (Å²) < 4.78 is 0. The lowest BCUT2D eigenvalue weighted by molar-refractivity contribution is -0.166. The van der Waals surface area contributed by atoms with E-state index in [9.17, 15) is 9.90 Å². The second-order valence-electron chi connectivity index (χ2n) is 9.52. The Hall–Kier alpha value is -0.630. The van der Waals surface area contributed by atoms with Crippen molar-refractivity contribution in [2.75, 3.05) is 0 Å². The summed E-state index contributed by atoms with van der Waals surface area (Å²) in [5.74, 6) is 1.19. The molecule has 2 nitrogen and oxygen atoms in total. The van der Waals surface area contributed by atoms with Crippen LogP contribution in [0.4, 0.5) is 0 Å². The first-order valence-corrected chi connectivity index (χ1v) is 9.15. The van der Waals surface area contributed by atoms with Gasteiger partial charge in [0, 0.05) is 5.41 Å². The van der Waals surface area contributed by atoms with Gasteiger partial charge in [-0.3, -0.25) is 0 Å². The summed E-state index contributed by atoms with van der Waals surface area (Å²) in [6.07, 6.45) is 11.1. The van der Waals surface area contributed by atoms with Gasteiger partial charge in [-0.1, -0.05) is 26.8 Å². The molecule has 0 aromatic carbocycles. The van der Waals surface area contributed by atoms with Gasteiger partial charge in [0.15, 0.2) is 0 Å². The quantitative estimate of drug-likeness (QED) is 0.580. The molecule has 0 unspecified atom stereocenters. The van der Waals surface area contributed by atoms with Crippen LogP contribution in [0.25, 0.3) is 0 Å². The van der Waals surface area contributed by atoms with Crippen molar-refractivity contribution >= 4 is 6.29 Å². The topological polar surface area (TPSA) is 37.3 Å². The summed E-state index contributed by atoms with van der Waals surface area (Å²) in [6, 6.07) is 0. The fourth-order valence-electron chi connectivity index (χ4n) is 7.54. The maximum Gasteiger partial charge on any atom is 0.126 e. The zero-order chi connectivity index (χ0) is 15.8. The van der Waals surface area contributed by atoms with E-state index < -0.39 is 5.60 Å². The maximum atomic E-state index is 11.8. The zero-order valence-electron chi connectivity index (χ0n) is 14.2. The van der Waals surface area contributed by atoms with Crippen molar-refractivity contribution in [3.8, 4) is 0 Å². The van der Waals surface area contributed by atoms with Crippen molar-refractivity contribution in [1.29, 1.82) is 0 Å². The van der Waals surface area contributed by atoms with E-state index in [1.165, 1.54) is 25.5 Å². The minimum absolute atomic E-state index is 0.127. The first-order chi connectivity index (χ1) is 10.3. The van der Waals surface area contributed by atoms with Crippen LogP contribution in [-0.2, 0) is 4.79 Å². The van der Waals surface area contributed by atoms with Crippen molar-refractivity contribution in [3.05, 3.63) is 12.2 Å². The largest absolute Gasteiger partial charge is 0.386 e. The van der Waals surface area contributed by atoms with Gasteiger partial charge >= 0.3 is 0 Å². The van der Waals surface area contributed by atoms with Crippen LogP contribution in [-0.4, -0.2) is 17.0 Å². The van der Waals surface area contributed by atoms with Crippen LogP contribution in [0.1, 0.15) is 71.6 Å². The molecule has 0 radical (unpaired) electrons. The number of hydrogen-bond acceptors (Lipinski definition) is 2. The van der Waals surface area contributed by atoms with E-state index in [0.717, 1.165) is 44.1 Å². The highest BCUT2D eigenvalue weighted by Gasteiger charge is 2.66. The first-order valence-electron chi connectivity index (χ1n) is 9.15. The Kier molecular flexibility index (Phi) is 2.89. The van der Waals surface area contributed by atoms with Crippen LogP contribution in [0.15, 0.2) is 12.2 Å². The summed E-state index contributed by atoms with van der Waals surface area (Å²) in [5, 5.41) is 10.9. The number of aliphatic hydroxyl groups is 1. The van der Waals surface area contributed by atoms with Crippen LogP contribution in [0.5, 0.6) is 0 Å². The zero-order valence-corrected chi connectivity index (χ0v) is 14.2. The molecule has 1 N–H and O–H groups in total. The maximum absolute atomic E-state index is 11.8. The summed E-state index contributed by atoms with van der Waals surface area (Å²) in [5.41, 5.74) is 0.931. The number of hydrogen-bond donors (Lipinski definition) is 1. The van der Waals surface area contributed by atoms with Gasteiger partial charge in [-0.25, -0.2) is 0 Å². The highest BCUT2D eigenvalue weighted by Crippen LogP contribution is 2.72. The molecule has 4 rings (SSSR count). The van der Waals surface area contributed by atoms with E-state index in [-0.39, 0.29) is 16.2 Å². The number of carbonyl (C=O) groups is 1. The minimum Gasteiger partial charge on any atom is -0.386 e. The molecule has 0 aromatic heterocycles. The first kappa shape index (κ1) is 14.9. The second kappa shape index (κ2) is 4.26. The predicted molar refractivity (Wildman–Crippen MR) is 87.3 cm³/mol. The third-order valence-corrected chi connectivity index (χ3v) is 8.47. The summed E-state index contributed by atoms with van der Waals surface area (Å²) in [7, 11) is 0. The monoisotopic (exact) mass is 302 g/mol. The molecule has 0 aliphatic heterocycles. The predicted octanol–water partition coefficient (Wildman–Crippen LogP) is 4.27. The highest BCUT2D eigenvalue weighted by molar-refractivity contribution is 5.60. The molecule has 0 heterocycles. The smallest absolute Gasteiger partial charge is 0.126 e. The molecule has 1 spiro atoms. The Balaban J connectivity index is 1.75. The Labute approximate surface area is 134 Å². The number of rotatable bonds is 1. The van der Waals surface area contributed by atoms with Gasteiger partial charge < -0.3 is 9.90 Å². The Bertz CT molecular complexity index is 540. The molecule has 2 bridgehead atoms. The third kappa shape index (κ3) is 1.63. The molecule has 122 valence electrons. The van der Waals surface area contributed by atoms with Crippen molar-refractivity contribution in [2.24, 2.45) is 28.1 Å². The van der Waals surface area contributed by atoms with E-state index in [0.29, 0.717) is 11.8 Å². The van der Waals surface area contributed by atoms with E-state index in [4.69, 9.17) is 0 Å². The molecule has 4 aliphatic rings. The van der Waals surface area contributed by atoms with E-state index >= 15 is 0 Å². The van der Waals surface area contributed by atoms with Gasteiger partial charge in [0.2, 0.25) is 0 Å². The Morgan fingerprint density at radius 1 is 1.14 bits per heavy atom. The van der Waals surface area contributed by atoms with Crippen molar-refractivity contribution in [2.45, 2.75) is 77.2 Å². The molecular formula is C20H30O2. The van der Waals surface area contributed by atoms with Crippen LogP contribution in [0.3, 0.4) is 0 Å².